The van der Waals surface area contributed by atoms with Gasteiger partial charge in [0.2, 0.25) is 0 Å². The summed E-state index contributed by atoms with van der Waals surface area (Å²) in [5.74, 6) is 0.474. The number of carbonyl (C=O) groups is 1. The first kappa shape index (κ1) is 25.4. The summed E-state index contributed by atoms with van der Waals surface area (Å²) in [4.78, 5) is 11.7. The largest absolute Gasteiger partial charge is 0.462 e. The average Bonchev–Trinajstić information content (AvgIpc) is 2.55. The van der Waals surface area contributed by atoms with E-state index >= 15 is 0 Å². The van der Waals surface area contributed by atoms with Crippen molar-refractivity contribution in [1.82, 2.24) is 0 Å². The van der Waals surface area contributed by atoms with Crippen LogP contribution in [0.1, 0.15) is 105 Å². The number of unbranched alkanes of at least 4 members (excludes halogenated alkanes) is 8. The number of hydrogen-bond acceptors (Lipinski definition) is 4. The van der Waals surface area contributed by atoms with Gasteiger partial charge in [-0.25, -0.2) is 0 Å². The molecule has 0 rings (SSSR count). The Morgan fingerprint density at radius 1 is 0.769 bits per heavy atom. The summed E-state index contributed by atoms with van der Waals surface area (Å²) >= 11 is 0. The maximum absolute atomic E-state index is 11.7. The van der Waals surface area contributed by atoms with E-state index in [9.17, 15) is 15.0 Å². The molecule has 4 nitrogen and oxygen atoms in total. The van der Waals surface area contributed by atoms with Crippen molar-refractivity contribution in [3.05, 3.63) is 0 Å². The van der Waals surface area contributed by atoms with Gasteiger partial charge in [-0.15, -0.1) is 0 Å². The molecule has 2 N–H and O–H groups in total. The van der Waals surface area contributed by atoms with Gasteiger partial charge >= 0.3 is 5.97 Å². The summed E-state index contributed by atoms with van der Waals surface area (Å²) in [5, 5.41) is 19.8. The van der Waals surface area contributed by atoms with Gasteiger partial charge in [0, 0.05) is 0 Å². The minimum absolute atomic E-state index is 0.131. The van der Waals surface area contributed by atoms with Crippen molar-refractivity contribution in [2.24, 2.45) is 11.3 Å². The Bertz CT molecular complexity index is 347. The third-order valence-corrected chi connectivity index (χ3v) is 4.72. The van der Waals surface area contributed by atoms with Gasteiger partial charge in [0.15, 0.2) is 0 Å². The second kappa shape index (κ2) is 14.4. The molecule has 0 saturated carbocycles. The number of esters is 1. The van der Waals surface area contributed by atoms with Crippen LogP contribution in [0.15, 0.2) is 0 Å². The highest BCUT2D eigenvalue weighted by Gasteiger charge is 2.25. The first-order valence-corrected chi connectivity index (χ1v) is 10.7. The fourth-order valence-corrected chi connectivity index (χ4v) is 2.82. The van der Waals surface area contributed by atoms with Crippen LogP contribution in [0.4, 0.5) is 0 Å². The Morgan fingerprint density at radius 3 is 1.62 bits per heavy atom. The molecule has 0 spiro atoms. The zero-order chi connectivity index (χ0) is 20.0. The molecule has 0 aromatic rings. The van der Waals surface area contributed by atoms with Gasteiger partial charge in [-0.2, -0.15) is 0 Å². The standard InChI is InChI=1S/C22H44O4/c1-18(2)15-13-11-9-7-6-8-10-12-14-16-19(23)20(24)17-26-21(25)22(3,4)5/h18-20,23-24H,6-17H2,1-5H3/t19-,20+/m1/s1. The fraction of sp³-hybridized carbons (Fsp3) is 0.955. The molecule has 0 aliphatic carbocycles. The van der Waals surface area contributed by atoms with Crippen LogP contribution in [0.3, 0.4) is 0 Å². The molecule has 2 atom stereocenters. The Kier molecular flexibility index (Phi) is 14.1. The summed E-state index contributed by atoms with van der Waals surface area (Å²) in [7, 11) is 0. The molecule has 0 aliphatic rings. The van der Waals surface area contributed by atoms with Gasteiger partial charge in [-0.3, -0.25) is 4.79 Å². The zero-order valence-electron chi connectivity index (χ0n) is 17.9. The highest BCUT2D eigenvalue weighted by molar-refractivity contribution is 5.75. The predicted molar refractivity (Wildman–Crippen MR) is 108 cm³/mol. The minimum Gasteiger partial charge on any atom is -0.462 e. The molecule has 4 heteroatoms. The molecule has 0 amide bonds. The second-order valence-electron chi connectivity index (χ2n) is 9.14. The molecule has 0 unspecified atom stereocenters. The van der Waals surface area contributed by atoms with Crippen LogP contribution in [0.2, 0.25) is 0 Å². The first-order valence-electron chi connectivity index (χ1n) is 10.7. The molecular formula is C22H44O4. The third-order valence-electron chi connectivity index (χ3n) is 4.72. The number of aliphatic hydroxyl groups is 2. The smallest absolute Gasteiger partial charge is 0.311 e. The number of rotatable bonds is 15. The monoisotopic (exact) mass is 372 g/mol. The molecule has 0 saturated heterocycles. The maximum atomic E-state index is 11.7. The topological polar surface area (TPSA) is 66.8 Å². The van der Waals surface area contributed by atoms with Crippen molar-refractivity contribution < 1.29 is 19.7 Å². The van der Waals surface area contributed by atoms with Crippen LogP contribution in [-0.2, 0) is 9.53 Å². The van der Waals surface area contributed by atoms with Crippen molar-refractivity contribution in [1.29, 1.82) is 0 Å². The van der Waals surface area contributed by atoms with Crippen LogP contribution in [0.5, 0.6) is 0 Å². The predicted octanol–water partition coefficient (Wildman–Crippen LogP) is 5.24. The molecule has 0 aromatic heterocycles. The van der Waals surface area contributed by atoms with Crippen LogP contribution in [0.25, 0.3) is 0 Å². The quantitative estimate of drug-likeness (QED) is 0.304. The molecule has 0 radical (unpaired) electrons. The van der Waals surface area contributed by atoms with E-state index < -0.39 is 17.6 Å². The average molecular weight is 373 g/mol. The summed E-state index contributed by atoms with van der Waals surface area (Å²) in [6.07, 6.45) is 11.2. The van der Waals surface area contributed by atoms with Crippen molar-refractivity contribution in [2.75, 3.05) is 6.61 Å². The Balaban J connectivity index is 3.50. The maximum Gasteiger partial charge on any atom is 0.311 e. The van der Waals surface area contributed by atoms with E-state index in [0.29, 0.717) is 6.42 Å². The lowest BCUT2D eigenvalue weighted by Gasteiger charge is -2.21. The van der Waals surface area contributed by atoms with Gasteiger partial charge in [-0.05, 0) is 33.1 Å². The van der Waals surface area contributed by atoms with Crippen LogP contribution >= 0.6 is 0 Å². The van der Waals surface area contributed by atoms with Crippen molar-refractivity contribution in [3.63, 3.8) is 0 Å². The lowest BCUT2D eigenvalue weighted by Crippen LogP contribution is -2.34. The summed E-state index contributed by atoms with van der Waals surface area (Å²) in [5.41, 5.74) is -0.584. The summed E-state index contributed by atoms with van der Waals surface area (Å²) in [6, 6.07) is 0. The molecular weight excluding hydrogens is 328 g/mol. The van der Waals surface area contributed by atoms with E-state index in [2.05, 4.69) is 13.8 Å². The van der Waals surface area contributed by atoms with E-state index in [1.54, 1.807) is 20.8 Å². The van der Waals surface area contributed by atoms with E-state index in [1.165, 1.54) is 51.4 Å². The molecule has 0 bridgehead atoms. The van der Waals surface area contributed by atoms with E-state index in [1.807, 2.05) is 0 Å². The normalized spacial score (nSPS) is 14.5. The molecule has 0 aliphatic heterocycles. The summed E-state index contributed by atoms with van der Waals surface area (Å²) < 4.78 is 5.05. The lowest BCUT2D eigenvalue weighted by molar-refractivity contribution is -0.158. The number of hydrogen-bond donors (Lipinski definition) is 2. The molecule has 0 aromatic carbocycles. The Labute approximate surface area is 161 Å². The van der Waals surface area contributed by atoms with Crippen molar-refractivity contribution >= 4 is 5.97 Å². The van der Waals surface area contributed by atoms with Crippen LogP contribution in [-0.4, -0.2) is 35.0 Å². The number of ether oxygens (including phenoxy) is 1. The van der Waals surface area contributed by atoms with Crippen LogP contribution < -0.4 is 0 Å². The first-order chi connectivity index (χ1) is 12.1. The minimum atomic E-state index is -0.993. The van der Waals surface area contributed by atoms with Gasteiger partial charge in [-0.1, -0.05) is 78.1 Å². The highest BCUT2D eigenvalue weighted by Crippen LogP contribution is 2.17. The molecule has 0 heterocycles. The second-order valence-corrected chi connectivity index (χ2v) is 9.14. The highest BCUT2D eigenvalue weighted by atomic mass is 16.5. The fourth-order valence-electron chi connectivity index (χ4n) is 2.82. The van der Waals surface area contributed by atoms with E-state index in [4.69, 9.17) is 4.74 Å². The van der Waals surface area contributed by atoms with Crippen molar-refractivity contribution in [3.8, 4) is 0 Å². The number of carbonyl (C=O) groups excluding carboxylic acids is 1. The SMILES string of the molecule is CC(C)CCCCCCCCCCC[C@@H](O)[C@@H](O)COC(=O)C(C)(C)C. The van der Waals surface area contributed by atoms with Crippen molar-refractivity contribution in [2.45, 2.75) is 117 Å². The van der Waals surface area contributed by atoms with E-state index in [0.717, 1.165) is 18.8 Å². The van der Waals surface area contributed by atoms with Gasteiger partial charge in [0.25, 0.3) is 0 Å². The Morgan fingerprint density at radius 2 is 1.19 bits per heavy atom. The zero-order valence-corrected chi connectivity index (χ0v) is 17.9. The lowest BCUT2D eigenvalue weighted by atomic mass is 9.97. The number of aliphatic hydroxyl groups excluding tert-OH is 2. The summed E-state index contributed by atoms with van der Waals surface area (Å²) in [6.45, 7) is 9.74. The van der Waals surface area contributed by atoms with Gasteiger partial charge < -0.3 is 14.9 Å². The molecule has 156 valence electrons. The molecule has 0 fully saturated rings. The van der Waals surface area contributed by atoms with Gasteiger partial charge in [0.1, 0.15) is 12.7 Å². The molecule has 26 heavy (non-hydrogen) atoms. The van der Waals surface area contributed by atoms with E-state index in [-0.39, 0.29) is 12.6 Å². The van der Waals surface area contributed by atoms with Crippen LogP contribution in [0, 0.1) is 11.3 Å². The Hall–Kier alpha value is -0.610. The van der Waals surface area contributed by atoms with Gasteiger partial charge in [0.05, 0.1) is 11.5 Å². The third kappa shape index (κ3) is 14.5.